The van der Waals surface area contributed by atoms with E-state index < -0.39 is 18.3 Å². The van der Waals surface area contributed by atoms with Gasteiger partial charge in [-0.2, -0.15) is 5.48 Å². The normalized spacial score (nSPS) is 42.0. The molecule has 0 amide bonds. The molecule has 0 aromatic carbocycles. The molecule has 0 spiro atoms. The van der Waals surface area contributed by atoms with Gasteiger partial charge in [0.05, 0.1) is 0 Å². The smallest absolute Gasteiger partial charge is 0.309 e. The van der Waals surface area contributed by atoms with E-state index in [1.165, 1.54) is 14.2 Å². The minimum Gasteiger partial charge on any atom is -0.373 e. The number of hydroxylamine groups is 1. The number of nitrogens with one attached hydrogen (secondary N) is 1. The quantitative estimate of drug-likeness (QED) is 0.381. The van der Waals surface area contributed by atoms with Crippen molar-refractivity contribution in [1.82, 2.24) is 5.48 Å². The summed E-state index contributed by atoms with van der Waals surface area (Å²) in [5, 5.41) is 18.1. The minimum atomic E-state index is -1.77. The van der Waals surface area contributed by atoms with Crippen molar-refractivity contribution in [2.75, 3.05) is 14.2 Å². The predicted octanol–water partition coefficient (Wildman–Crippen LogP) is -0.981. The van der Waals surface area contributed by atoms with Crippen molar-refractivity contribution in [1.29, 1.82) is 0 Å². The summed E-state index contributed by atoms with van der Waals surface area (Å²) in [7, 11) is 2.73. The Labute approximate surface area is 70.0 Å². The van der Waals surface area contributed by atoms with Crippen LogP contribution in [0.2, 0.25) is 0 Å². The molecule has 0 aromatic heterocycles. The molecular weight excluding hydrogens is 166 g/mol. The van der Waals surface area contributed by atoms with Crippen molar-refractivity contribution in [3.63, 3.8) is 0 Å². The highest BCUT2D eigenvalue weighted by atomic mass is 16.8. The zero-order chi connectivity index (χ0) is 9.19. The first kappa shape index (κ1) is 9.85. The molecule has 0 aromatic rings. The lowest BCUT2D eigenvalue weighted by molar-refractivity contribution is -0.373. The van der Waals surface area contributed by atoms with Gasteiger partial charge in [-0.1, -0.05) is 0 Å². The molecule has 0 saturated carbocycles. The molecule has 1 fully saturated rings. The van der Waals surface area contributed by atoms with Gasteiger partial charge in [-0.3, -0.25) is 0 Å². The Balaban J connectivity index is 2.62. The van der Waals surface area contributed by atoms with E-state index in [1.54, 1.807) is 0 Å². The lowest BCUT2D eigenvalue weighted by atomic mass is 10.2. The molecule has 0 bridgehead atoms. The average molecular weight is 179 g/mol. The van der Waals surface area contributed by atoms with Gasteiger partial charge in [0.2, 0.25) is 0 Å². The third-order valence-corrected chi connectivity index (χ3v) is 1.87. The van der Waals surface area contributed by atoms with E-state index in [2.05, 4.69) is 0 Å². The van der Waals surface area contributed by atoms with Crippen LogP contribution in [0, 0.1) is 0 Å². The van der Waals surface area contributed by atoms with E-state index >= 15 is 0 Å². The number of aliphatic hydroxyl groups is 1. The number of hydrogen-bond acceptors (Lipinski definition) is 6. The molecule has 72 valence electrons. The molecule has 6 heteroatoms. The van der Waals surface area contributed by atoms with Crippen LogP contribution in [0.4, 0.5) is 0 Å². The number of hydrogen-bond donors (Lipinski definition) is 3. The fourth-order valence-electron chi connectivity index (χ4n) is 1.17. The molecule has 3 N–H and O–H groups in total. The Hall–Kier alpha value is -0.240. The first-order valence-corrected chi connectivity index (χ1v) is 3.54. The van der Waals surface area contributed by atoms with Crippen molar-refractivity contribution in [2.45, 2.75) is 24.7 Å². The highest BCUT2D eigenvalue weighted by Crippen LogP contribution is 2.29. The third kappa shape index (κ3) is 1.58. The van der Waals surface area contributed by atoms with E-state index in [-0.39, 0.29) is 0 Å². The van der Waals surface area contributed by atoms with Crippen molar-refractivity contribution in [2.24, 2.45) is 0 Å². The minimum absolute atomic E-state index is 0.317. The van der Waals surface area contributed by atoms with Gasteiger partial charge in [-0.15, -0.1) is 0 Å². The summed E-state index contributed by atoms with van der Waals surface area (Å²) in [4.78, 5) is 0. The lowest BCUT2D eigenvalue weighted by Crippen LogP contribution is -2.42. The molecular formula is C6H13NO5. The maximum absolute atomic E-state index is 9.54. The van der Waals surface area contributed by atoms with Gasteiger partial charge < -0.3 is 24.5 Å². The molecule has 2 unspecified atom stereocenters. The molecule has 6 nitrogen and oxygen atoms in total. The van der Waals surface area contributed by atoms with Crippen LogP contribution in [-0.4, -0.2) is 42.8 Å². The number of methoxy groups -OCH3 is 2. The summed E-state index contributed by atoms with van der Waals surface area (Å²) in [6.45, 7) is 0. The molecule has 1 aliphatic rings. The van der Waals surface area contributed by atoms with Crippen molar-refractivity contribution >= 4 is 0 Å². The largest absolute Gasteiger partial charge is 0.373 e. The van der Waals surface area contributed by atoms with Gasteiger partial charge in [0.15, 0.2) is 0 Å². The maximum atomic E-state index is 9.54. The predicted molar refractivity (Wildman–Crippen MR) is 37.2 cm³/mol. The van der Waals surface area contributed by atoms with Gasteiger partial charge in [-0.05, 0) is 0 Å². The Morgan fingerprint density at radius 1 is 1.58 bits per heavy atom. The van der Waals surface area contributed by atoms with E-state index in [4.69, 9.17) is 19.4 Å². The van der Waals surface area contributed by atoms with Crippen molar-refractivity contribution in [3.8, 4) is 0 Å². The molecule has 0 radical (unpaired) electrons. The SMILES string of the molecule is CO[C@@H]1CC(NO)OC1(O)OC. The summed E-state index contributed by atoms with van der Waals surface area (Å²) >= 11 is 0. The van der Waals surface area contributed by atoms with Gasteiger partial charge in [0.25, 0.3) is 0 Å². The number of ether oxygens (including phenoxy) is 3. The zero-order valence-corrected chi connectivity index (χ0v) is 6.98. The molecule has 12 heavy (non-hydrogen) atoms. The Bertz CT molecular complexity index is 155. The maximum Gasteiger partial charge on any atom is 0.309 e. The topological polar surface area (TPSA) is 80.2 Å². The highest BCUT2D eigenvalue weighted by molar-refractivity contribution is 4.80. The van der Waals surface area contributed by atoms with E-state index in [0.717, 1.165) is 0 Å². The van der Waals surface area contributed by atoms with Gasteiger partial charge in [-0.25, -0.2) is 0 Å². The van der Waals surface area contributed by atoms with Crippen LogP contribution in [0.3, 0.4) is 0 Å². The first-order valence-electron chi connectivity index (χ1n) is 3.54. The van der Waals surface area contributed by atoms with Crippen LogP contribution in [0.25, 0.3) is 0 Å². The van der Waals surface area contributed by atoms with Crippen molar-refractivity contribution < 1.29 is 24.5 Å². The van der Waals surface area contributed by atoms with Gasteiger partial charge in [0, 0.05) is 20.6 Å². The van der Waals surface area contributed by atoms with Crippen LogP contribution in [0.5, 0.6) is 0 Å². The molecule has 3 atom stereocenters. The second kappa shape index (κ2) is 3.65. The first-order chi connectivity index (χ1) is 5.66. The summed E-state index contributed by atoms with van der Waals surface area (Å²) in [6, 6.07) is 0. The monoisotopic (exact) mass is 179 g/mol. The molecule has 1 heterocycles. The zero-order valence-electron chi connectivity index (χ0n) is 6.98. The van der Waals surface area contributed by atoms with Crippen LogP contribution < -0.4 is 5.48 Å². The average Bonchev–Trinajstić information content (AvgIpc) is 2.43. The van der Waals surface area contributed by atoms with Crippen LogP contribution >= 0.6 is 0 Å². The van der Waals surface area contributed by atoms with Gasteiger partial charge >= 0.3 is 5.97 Å². The molecule has 1 aliphatic heterocycles. The Morgan fingerprint density at radius 2 is 2.25 bits per heavy atom. The van der Waals surface area contributed by atoms with E-state index in [1.807, 2.05) is 5.48 Å². The van der Waals surface area contributed by atoms with Crippen molar-refractivity contribution in [3.05, 3.63) is 0 Å². The summed E-state index contributed by atoms with van der Waals surface area (Å²) in [6.07, 6.45) is -0.954. The molecule has 0 aliphatic carbocycles. The standard InChI is InChI=1S/C6H13NO5/c1-10-4-3-5(7-9)12-6(4,8)11-2/h4-5,7-9H,3H2,1-2H3/t4-,5?,6?/m1/s1. The van der Waals surface area contributed by atoms with Crippen LogP contribution in [0.1, 0.15) is 6.42 Å². The fourth-order valence-corrected chi connectivity index (χ4v) is 1.17. The third-order valence-electron chi connectivity index (χ3n) is 1.87. The number of rotatable bonds is 3. The lowest BCUT2D eigenvalue weighted by Gasteiger charge is -2.25. The second-order valence-corrected chi connectivity index (χ2v) is 2.53. The van der Waals surface area contributed by atoms with Crippen LogP contribution in [-0.2, 0) is 14.2 Å². The second-order valence-electron chi connectivity index (χ2n) is 2.53. The Morgan fingerprint density at radius 3 is 2.58 bits per heavy atom. The molecule has 1 rings (SSSR count). The summed E-state index contributed by atoms with van der Waals surface area (Å²) < 4.78 is 14.5. The molecule has 1 saturated heterocycles. The Kier molecular flexibility index (Phi) is 2.99. The summed E-state index contributed by atoms with van der Waals surface area (Å²) in [5.74, 6) is -1.77. The highest BCUT2D eigenvalue weighted by Gasteiger charge is 2.48. The van der Waals surface area contributed by atoms with Gasteiger partial charge in [0.1, 0.15) is 12.3 Å². The fraction of sp³-hybridized carbons (Fsp3) is 1.00. The van der Waals surface area contributed by atoms with E-state index in [0.29, 0.717) is 6.42 Å². The van der Waals surface area contributed by atoms with Crippen LogP contribution in [0.15, 0.2) is 0 Å². The summed E-state index contributed by atoms with van der Waals surface area (Å²) in [5.41, 5.74) is 1.88. The van der Waals surface area contributed by atoms with E-state index in [9.17, 15) is 5.11 Å².